The van der Waals surface area contributed by atoms with Crippen molar-refractivity contribution in [2.24, 2.45) is 10.4 Å². The molecule has 0 amide bonds. The molecular weight excluding hydrogens is 382 g/mol. The molecule has 0 bridgehead atoms. The Hall–Kier alpha value is -1.83. The molecule has 7 nitrogen and oxygen atoms in total. The molecule has 30 heavy (non-hydrogen) atoms. The fourth-order valence-electron chi connectivity index (χ4n) is 4.40. The van der Waals surface area contributed by atoms with Crippen molar-refractivity contribution in [3.05, 3.63) is 29.8 Å². The van der Waals surface area contributed by atoms with Gasteiger partial charge >= 0.3 is 0 Å². The summed E-state index contributed by atoms with van der Waals surface area (Å²) in [5, 5.41) is 16.4. The SMILES string of the molecule is CCNC(=NCC1(CCO)CCOC1)NCC1(c2ccc(OC)cc2)CCOCC1. The normalized spacial score (nSPS) is 23.9. The lowest BCUT2D eigenvalue weighted by atomic mass is 9.74. The van der Waals surface area contributed by atoms with Crippen molar-refractivity contribution in [1.29, 1.82) is 0 Å². The molecule has 2 fully saturated rings. The smallest absolute Gasteiger partial charge is 0.191 e. The molecule has 0 saturated carbocycles. The van der Waals surface area contributed by atoms with Crippen LogP contribution >= 0.6 is 0 Å². The van der Waals surface area contributed by atoms with Crippen molar-refractivity contribution in [1.82, 2.24) is 10.6 Å². The van der Waals surface area contributed by atoms with E-state index in [0.717, 1.165) is 70.3 Å². The standard InChI is InChI=1S/C23H37N3O4/c1-3-24-21(25-16-22(8-12-27)9-13-30-18-22)26-17-23(10-14-29-15-11-23)19-4-6-20(28-2)7-5-19/h4-7,27H,3,8-18H2,1-2H3,(H2,24,25,26). The quantitative estimate of drug-likeness (QED) is 0.420. The number of aliphatic hydroxyl groups is 1. The van der Waals surface area contributed by atoms with Crippen molar-refractivity contribution in [2.75, 3.05) is 59.8 Å². The highest BCUT2D eigenvalue weighted by molar-refractivity contribution is 5.80. The molecule has 3 N–H and O–H groups in total. The van der Waals surface area contributed by atoms with Gasteiger partial charge in [-0.1, -0.05) is 12.1 Å². The van der Waals surface area contributed by atoms with Gasteiger partial charge in [0.05, 0.1) is 20.3 Å². The highest BCUT2D eigenvalue weighted by Gasteiger charge is 2.36. The molecule has 2 heterocycles. The minimum Gasteiger partial charge on any atom is -0.497 e. The number of hydrogen-bond donors (Lipinski definition) is 3. The Morgan fingerprint density at radius 2 is 1.83 bits per heavy atom. The molecule has 0 aromatic heterocycles. The summed E-state index contributed by atoms with van der Waals surface area (Å²) in [6, 6.07) is 8.40. The maximum Gasteiger partial charge on any atom is 0.191 e. The Kier molecular flexibility index (Phi) is 8.36. The first kappa shape index (κ1) is 22.8. The van der Waals surface area contributed by atoms with Crippen LogP contribution in [0, 0.1) is 5.41 Å². The second-order valence-electron chi connectivity index (χ2n) is 8.45. The largest absolute Gasteiger partial charge is 0.497 e. The number of nitrogens with one attached hydrogen (secondary N) is 2. The van der Waals surface area contributed by atoms with Gasteiger partial charge in [-0.2, -0.15) is 0 Å². The maximum atomic E-state index is 9.48. The van der Waals surface area contributed by atoms with E-state index >= 15 is 0 Å². The Bertz CT molecular complexity index is 666. The van der Waals surface area contributed by atoms with Crippen LogP contribution in [0.4, 0.5) is 0 Å². The molecule has 0 radical (unpaired) electrons. The van der Waals surface area contributed by atoms with Gasteiger partial charge in [-0.15, -0.1) is 0 Å². The summed E-state index contributed by atoms with van der Waals surface area (Å²) in [5.41, 5.74) is 1.25. The number of hydrogen-bond acceptors (Lipinski definition) is 5. The molecule has 1 atom stereocenters. The van der Waals surface area contributed by atoms with Crippen LogP contribution in [0.15, 0.2) is 29.3 Å². The summed E-state index contributed by atoms with van der Waals surface area (Å²) in [6.07, 6.45) is 3.61. The first-order valence-corrected chi connectivity index (χ1v) is 11.1. The van der Waals surface area contributed by atoms with E-state index < -0.39 is 0 Å². The van der Waals surface area contributed by atoms with Crippen molar-refractivity contribution in [3.8, 4) is 5.75 Å². The van der Waals surface area contributed by atoms with E-state index in [1.54, 1.807) is 7.11 Å². The summed E-state index contributed by atoms with van der Waals surface area (Å²) >= 11 is 0. The van der Waals surface area contributed by atoms with E-state index in [4.69, 9.17) is 19.2 Å². The maximum absolute atomic E-state index is 9.48. The summed E-state index contributed by atoms with van der Waals surface area (Å²) in [4.78, 5) is 4.87. The van der Waals surface area contributed by atoms with Crippen LogP contribution in [0.3, 0.4) is 0 Å². The van der Waals surface area contributed by atoms with Crippen molar-refractivity contribution >= 4 is 5.96 Å². The molecule has 2 saturated heterocycles. The third kappa shape index (κ3) is 5.65. The molecule has 1 aromatic rings. The summed E-state index contributed by atoms with van der Waals surface area (Å²) < 4.78 is 16.6. The number of aliphatic hydroxyl groups excluding tert-OH is 1. The fourth-order valence-corrected chi connectivity index (χ4v) is 4.40. The average molecular weight is 420 g/mol. The number of methoxy groups -OCH3 is 1. The monoisotopic (exact) mass is 419 g/mol. The Morgan fingerprint density at radius 1 is 1.10 bits per heavy atom. The Labute approximate surface area is 180 Å². The minimum atomic E-state index is -0.0521. The molecule has 7 heteroatoms. The number of rotatable bonds is 9. The molecular formula is C23H37N3O4. The molecule has 2 aliphatic heterocycles. The van der Waals surface area contributed by atoms with Gasteiger partial charge in [-0.3, -0.25) is 4.99 Å². The molecule has 1 unspecified atom stereocenters. The van der Waals surface area contributed by atoms with Crippen LogP contribution < -0.4 is 15.4 Å². The van der Waals surface area contributed by atoms with Crippen LogP contribution in [0.2, 0.25) is 0 Å². The van der Waals surface area contributed by atoms with Gasteiger partial charge in [-0.05, 0) is 50.3 Å². The van der Waals surface area contributed by atoms with Crippen molar-refractivity contribution in [2.45, 2.75) is 38.0 Å². The molecule has 3 rings (SSSR count). The summed E-state index contributed by atoms with van der Waals surface area (Å²) in [7, 11) is 1.69. The molecule has 2 aliphatic rings. The lowest BCUT2D eigenvalue weighted by Gasteiger charge is -2.38. The van der Waals surface area contributed by atoms with Gasteiger partial charge in [0.2, 0.25) is 0 Å². The second-order valence-corrected chi connectivity index (χ2v) is 8.45. The fraction of sp³-hybridized carbons (Fsp3) is 0.696. The van der Waals surface area contributed by atoms with Gasteiger partial charge in [-0.25, -0.2) is 0 Å². The van der Waals surface area contributed by atoms with Crippen LogP contribution in [0.25, 0.3) is 0 Å². The first-order valence-electron chi connectivity index (χ1n) is 11.1. The van der Waals surface area contributed by atoms with Gasteiger partial charge in [0.25, 0.3) is 0 Å². The van der Waals surface area contributed by atoms with E-state index in [1.165, 1.54) is 5.56 Å². The van der Waals surface area contributed by atoms with Gasteiger partial charge < -0.3 is 30.0 Å². The lowest BCUT2D eigenvalue weighted by molar-refractivity contribution is 0.0513. The van der Waals surface area contributed by atoms with E-state index in [1.807, 2.05) is 12.1 Å². The minimum absolute atomic E-state index is 0.0000316. The molecule has 0 aliphatic carbocycles. The second kappa shape index (κ2) is 11.0. The Balaban J connectivity index is 1.72. The van der Waals surface area contributed by atoms with Crippen molar-refractivity contribution < 1.29 is 19.3 Å². The predicted molar refractivity (Wildman–Crippen MR) is 118 cm³/mol. The van der Waals surface area contributed by atoms with E-state index in [9.17, 15) is 5.11 Å². The van der Waals surface area contributed by atoms with E-state index in [-0.39, 0.29) is 17.4 Å². The number of aliphatic imine (C=N–C) groups is 1. The van der Waals surface area contributed by atoms with Crippen molar-refractivity contribution in [3.63, 3.8) is 0 Å². The van der Waals surface area contributed by atoms with E-state index in [0.29, 0.717) is 13.2 Å². The average Bonchev–Trinajstić information content (AvgIpc) is 3.25. The molecule has 1 aromatic carbocycles. The van der Waals surface area contributed by atoms with Gasteiger partial charge in [0.15, 0.2) is 5.96 Å². The zero-order chi connectivity index (χ0) is 21.3. The van der Waals surface area contributed by atoms with Gasteiger partial charge in [0, 0.05) is 50.3 Å². The summed E-state index contributed by atoms with van der Waals surface area (Å²) in [5.74, 6) is 1.69. The number of benzene rings is 1. The topological polar surface area (TPSA) is 84.3 Å². The third-order valence-corrected chi connectivity index (χ3v) is 6.49. The molecule has 168 valence electrons. The van der Waals surface area contributed by atoms with E-state index in [2.05, 4.69) is 29.7 Å². The Morgan fingerprint density at radius 3 is 2.43 bits per heavy atom. The zero-order valence-corrected chi connectivity index (χ0v) is 18.4. The third-order valence-electron chi connectivity index (χ3n) is 6.49. The zero-order valence-electron chi connectivity index (χ0n) is 18.4. The predicted octanol–water partition coefficient (Wildman–Crippen LogP) is 2.09. The highest BCUT2D eigenvalue weighted by atomic mass is 16.5. The number of guanidine groups is 1. The lowest BCUT2D eigenvalue weighted by Crippen LogP contribution is -2.48. The summed E-state index contributed by atoms with van der Waals surface area (Å²) in [6.45, 7) is 7.43. The van der Waals surface area contributed by atoms with Crippen LogP contribution in [0.5, 0.6) is 5.75 Å². The van der Waals surface area contributed by atoms with Gasteiger partial charge in [0.1, 0.15) is 5.75 Å². The number of ether oxygens (including phenoxy) is 3. The van der Waals surface area contributed by atoms with Crippen LogP contribution in [-0.4, -0.2) is 70.8 Å². The first-order chi connectivity index (χ1) is 14.7. The highest BCUT2D eigenvalue weighted by Crippen LogP contribution is 2.35. The van der Waals surface area contributed by atoms with Crippen LogP contribution in [-0.2, 0) is 14.9 Å². The molecule has 0 spiro atoms. The van der Waals surface area contributed by atoms with Crippen LogP contribution in [0.1, 0.15) is 38.2 Å². The number of nitrogens with zero attached hydrogens (tertiary/aromatic N) is 1.